The highest BCUT2D eigenvalue weighted by atomic mass is 32.2. The summed E-state index contributed by atoms with van der Waals surface area (Å²) in [6, 6.07) is 9.55. The van der Waals surface area contributed by atoms with E-state index in [4.69, 9.17) is 0 Å². The first-order chi connectivity index (χ1) is 16.7. The van der Waals surface area contributed by atoms with E-state index in [1.54, 1.807) is 0 Å². The van der Waals surface area contributed by atoms with Crippen LogP contribution < -0.4 is 15.5 Å². The van der Waals surface area contributed by atoms with Crippen LogP contribution in [0.3, 0.4) is 0 Å². The van der Waals surface area contributed by atoms with Crippen LogP contribution in [-0.2, 0) is 25.2 Å². The molecule has 1 fully saturated rings. The van der Waals surface area contributed by atoms with Gasteiger partial charge in [0.25, 0.3) is 0 Å². The highest BCUT2D eigenvalue weighted by molar-refractivity contribution is 7.86. The number of carbonyl (C=O) groups is 3. The van der Waals surface area contributed by atoms with Gasteiger partial charge >= 0.3 is 0 Å². The van der Waals surface area contributed by atoms with Gasteiger partial charge in [0.1, 0.15) is 29.2 Å². The summed E-state index contributed by atoms with van der Waals surface area (Å²) in [7, 11) is -1.93. The molecule has 2 N–H and O–H groups in total. The summed E-state index contributed by atoms with van der Waals surface area (Å²) < 4.78 is 40.2. The molecule has 1 aliphatic carbocycles. The predicted octanol–water partition coefficient (Wildman–Crippen LogP) is 3.52. The Kier molecular flexibility index (Phi) is 9.47. The largest absolute Gasteiger partial charge is 0.352 e. The van der Waals surface area contributed by atoms with Crippen molar-refractivity contribution in [1.29, 1.82) is 0 Å². The summed E-state index contributed by atoms with van der Waals surface area (Å²) in [6.07, 6.45) is 4.82. The highest BCUT2D eigenvalue weighted by Crippen LogP contribution is 2.23. The number of nitrogens with one attached hydrogen (secondary N) is 2. The number of halogens is 2. The van der Waals surface area contributed by atoms with E-state index in [9.17, 15) is 27.4 Å². The summed E-state index contributed by atoms with van der Waals surface area (Å²) in [6.45, 7) is 1.49. The Hall–Kier alpha value is -3.14. The van der Waals surface area contributed by atoms with Gasteiger partial charge in [-0.25, -0.2) is 8.78 Å². The van der Waals surface area contributed by atoms with E-state index < -0.39 is 57.7 Å². The van der Waals surface area contributed by atoms with E-state index in [1.807, 2.05) is 0 Å². The molecule has 35 heavy (non-hydrogen) atoms. The zero-order valence-electron chi connectivity index (χ0n) is 19.5. The van der Waals surface area contributed by atoms with Crippen molar-refractivity contribution >= 4 is 39.9 Å². The Morgan fingerprint density at radius 3 is 2.31 bits per heavy atom. The third kappa shape index (κ3) is 7.68. The molecule has 0 unspecified atom stereocenters. The van der Waals surface area contributed by atoms with Gasteiger partial charge in [-0.1, -0.05) is 31.4 Å². The van der Waals surface area contributed by atoms with Crippen LogP contribution >= 0.6 is 0 Å². The number of anilines is 2. The lowest BCUT2D eigenvalue weighted by Crippen LogP contribution is -2.52. The highest BCUT2D eigenvalue weighted by Gasteiger charge is 2.31. The second-order valence-corrected chi connectivity index (χ2v) is 9.98. The van der Waals surface area contributed by atoms with Crippen molar-refractivity contribution < 1.29 is 27.4 Å². The molecule has 0 bridgehead atoms. The van der Waals surface area contributed by atoms with Crippen molar-refractivity contribution in [3.05, 3.63) is 60.2 Å². The van der Waals surface area contributed by atoms with E-state index in [0.717, 1.165) is 37.0 Å². The molecule has 2 aromatic rings. The Labute approximate surface area is 205 Å². The fourth-order valence-electron chi connectivity index (χ4n) is 4.03. The Balaban J connectivity index is 1.68. The van der Waals surface area contributed by atoms with Gasteiger partial charge in [-0.3, -0.25) is 23.5 Å². The summed E-state index contributed by atoms with van der Waals surface area (Å²) >= 11 is 0. The second kappa shape index (κ2) is 12.5. The molecule has 0 heterocycles. The fourth-order valence-corrected chi connectivity index (χ4v) is 4.91. The smallest absolute Gasteiger partial charge is 0.243 e. The molecule has 0 spiro atoms. The van der Waals surface area contributed by atoms with Gasteiger partial charge in [0.05, 0.1) is 5.69 Å². The maximum atomic E-state index is 14.6. The Bertz CT molecular complexity index is 1070. The molecule has 0 saturated heterocycles. The van der Waals surface area contributed by atoms with Crippen LogP contribution in [0.15, 0.2) is 48.5 Å². The van der Waals surface area contributed by atoms with Gasteiger partial charge in [0, 0.05) is 22.5 Å². The Morgan fingerprint density at radius 1 is 1.00 bits per heavy atom. The maximum Gasteiger partial charge on any atom is 0.243 e. The van der Waals surface area contributed by atoms with Crippen molar-refractivity contribution in [1.82, 2.24) is 5.32 Å². The van der Waals surface area contributed by atoms with Crippen molar-refractivity contribution in [3.8, 4) is 0 Å². The molecular formula is C25H29F2N3O4S. The average Bonchev–Trinajstić information content (AvgIpc) is 2.82. The van der Waals surface area contributed by atoms with E-state index in [-0.39, 0.29) is 11.7 Å². The number of hydrogen-bond donors (Lipinski definition) is 2. The lowest BCUT2D eigenvalue weighted by atomic mass is 9.95. The van der Waals surface area contributed by atoms with Crippen LogP contribution in [-0.4, -0.2) is 45.5 Å². The molecular weight excluding hydrogens is 476 g/mol. The average molecular weight is 506 g/mol. The van der Waals surface area contributed by atoms with Gasteiger partial charge in [-0.15, -0.1) is 0 Å². The second-order valence-electron chi connectivity index (χ2n) is 8.52. The van der Waals surface area contributed by atoms with Gasteiger partial charge in [0.15, 0.2) is 0 Å². The van der Waals surface area contributed by atoms with Crippen molar-refractivity contribution in [3.63, 3.8) is 0 Å². The number of nitrogens with zero attached hydrogens (tertiary/aromatic N) is 1. The van der Waals surface area contributed by atoms with Gasteiger partial charge in [-0.05, 0) is 56.2 Å². The fraction of sp³-hybridized carbons (Fsp3) is 0.400. The predicted molar refractivity (Wildman–Crippen MR) is 131 cm³/mol. The van der Waals surface area contributed by atoms with Crippen LogP contribution in [0, 0.1) is 11.6 Å². The van der Waals surface area contributed by atoms with Crippen molar-refractivity contribution in [2.24, 2.45) is 0 Å². The van der Waals surface area contributed by atoms with Gasteiger partial charge < -0.3 is 10.6 Å². The quantitative estimate of drug-likeness (QED) is 0.545. The number of hydrogen-bond acceptors (Lipinski definition) is 4. The molecule has 7 nitrogen and oxygen atoms in total. The van der Waals surface area contributed by atoms with E-state index in [2.05, 4.69) is 10.6 Å². The van der Waals surface area contributed by atoms with Gasteiger partial charge in [0.2, 0.25) is 17.7 Å². The zero-order chi connectivity index (χ0) is 25.4. The summed E-state index contributed by atoms with van der Waals surface area (Å²) in [5.74, 6) is -4.01. The monoisotopic (exact) mass is 505 g/mol. The SMILES string of the molecule is C[C@H](C(=O)NC1CCCCC1)N(C(=O)C[S@@](=O)CC(=O)Nc1ccc(F)cc1)c1ccccc1F. The number of amides is 3. The first-order valence-corrected chi connectivity index (χ1v) is 13.0. The van der Waals surface area contributed by atoms with Crippen LogP contribution in [0.1, 0.15) is 39.0 Å². The summed E-state index contributed by atoms with van der Waals surface area (Å²) in [5.41, 5.74) is 0.220. The molecule has 1 aliphatic rings. The van der Waals surface area contributed by atoms with Crippen molar-refractivity contribution in [2.75, 3.05) is 21.7 Å². The lowest BCUT2D eigenvalue weighted by molar-refractivity contribution is -0.126. The Morgan fingerprint density at radius 2 is 1.66 bits per heavy atom. The number of para-hydroxylation sites is 1. The lowest BCUT2D eigenvalue weighted by Gasteiger charge is -2.31. The van der Waals surface area contributed by atoms with Crippen LogP contribution in [0.4, 0.5) is 20.2 Å². The minimum Gasteiger partial charge on any atom is -0.352 e. The maximum absolute atomic E-state index is 14.6. The molecule has 3 rings (SSSR count). The van der Waals surface area contributed by atoms with E-state index in [1.165, 1.54) is 55.5 Å². The number of rotatable bonds is 9. The minimum atomic E-state index is -1.93. The normalized spacial score (nSPS) is 15.6. The standard InChI is InChI=1S/C25H29F2N3O4S/c1-17(25(33)29-19-7-3-2-4-8-19)30(22-10-6-5-9-21(22)27)24(32)16-35(34)15-23(31)28-20-13-11-18(26)12-14-20/h5-6,9-14,17,19H,2-4,7-8,15-16H2,1H3,(H,28,31)(H,29,33)/t17-,35+/m1/s1. The first kappa shape index (κ1) is 26.5. The summed E-state index contributed by atoms with van der Waals surface area (Å²) in [4.78, 5) is 39.3. The van der Waals surface area contributed by atoms with Crippen LogP contribution in [0.25, 0.3) is 0 Å². The third-order valence-corrected chi connectivity index (χ3v) is 6.96. The number of benzene rings is 2. The molecule has 1 saturated carbocycles. The van der Waals surface area contributed by atoms with E-state index >= 15 is 0 Å². The third-order valence-electron chi connectivity index (χ3n) is 5.80. The molecule has 0 radical (unpaired) electrons. The molecule has 0 aromatic heterocycles. The zero-order valence-corrected chi connectivity index (χ0v) is 20.3. The molecule has 188 valence electrons. The van der Waals surface area contributed by atoms with Crippen LogP contribution in [0.5, 0.6) is 0 Å². The summed E-state index contributed by atoms with van der Waals surface area (Å²) in [5, 5.41) is 5.42. The minimum absolute atomic E-state index is 0.000520. The topological polar surface area (TPSA) is 95.6 Å². The first-order valence-electron chi connectivity index (χ1n) is 11.5. The molecule has 3 amide bonds. The molecule has 2 atom stereocenters. The molecule has 0 aliphatic heterocycles. The molecule has 2 aromatic carbocycles. The number of carbonyl (C=O) groups excluding carboxylic acids is 3. The van der Waals surface area contributed by atoms with E-state index in [0.29, 0.717) is 5.69 Å². The van der Waals surface area contributed by atoms with Crippen molar-refractivity contribution in [2.45, 2.75) is 51.1 Å². The van der Waals surface area contributed by atoms with Crippen LogP contribution in [0.2, 0.25) is 0 Å². The van der Waals surface area contributed by atoms with Gasteiger partial charge in [-0.2, -0.15) is 0 Å². The molecule has 10 heteroatoms.